The molecule has 20 heavy (non-hydrogen) atoms. The van der Waals surface area contributed by atoms with Gasteiger partial charge in [0.1, 0.15) is 0 Å². The second-order valence-corrected chi connectivity index (χ2v) is 5.44. The van der Waals surface area contributed by atoms with Gasteiger partial charge in [-0.05, 0) is 26.2 Å². The van der Waals surface area contributed by atoms with Gasteiger partial charge in [0.15, 0.2) is 11.9 Å². The van der Waals surface area contributed by atoms with Crippen LogP contribution in [0.2, 0.25) is 0 Å². The average Bonchev–Trinajstić information content (AvgIpc) is 2.72. The van der Waals surface area contributed by atoms with E-state index in [9.17, 15) is 4.79 Å². The van der Waals surface area contributed by atoms with E-state index in [1.807, 2.05) is 22.7 Å². The first-order chi connectivity index (χ1) is 9.70. The number of carbonyl (C=O) groups excluding carboxylic acids is 1. The van der Waals surface area contributed by atoms with E-state index in [2.05, 4.69) is 12.0 Å². The Morgan fingerprint density at radius 2 is 2.05 bits per heavy atom. The van der Waals surface area contributed by atoms with E-state index in [4.69, 9.17) is 4.74 Å². The van der Waals surface area contributed by atoms with Gasteiger partial charge in [-0.25, -0.2) is 0 Å². The molecule has 2 rings (SSSR count). The second-order valence-electron chi connectivity index (χ2n) is 5.44. The van der Waals surface area contributed by atoms with Crippen LogP contribution in [-0.4, -0.2) is 39.8 Å². The Labute approximate surface area is 120 Å². The van der Waals surface area contributed by atoms with E-state index in [1.54, 1.807) is 6.20 Å². The molecule has 0 bridgehead atoms. The smallest absolute Gasteiger partial charge is 0.263 e. The van der Waals surface area contributed by atoms with Crippen molar-refractivity contribution >= 4 is 5.91 Å². The van der Waals surface area contributed by atoms with Crippen molar-refractivity contribution in [1.29, 1.82) is 0 Å². The van der Waals surface area contributed by atoms with E-state index in [0.29, 0.717) is 5.75 Å². The SMILES string of the molecule is CCCn1cc(OC(C)C(=O)N2CCCCCC2)cn1. The molecule has 2 heterocycles. The van der Waals surface area contributed by atoms with E-state index in [-0.39, 0.29) is 5.91 Å². The number of hydrogen-bond donors (Lipinski definition) is 0. The number of aromatic nitrogens is 2. The summed E-state index contributed by atoms with van der Waals surface area (Å²) in [7, 11) is 0. The largest absolute Gasteiger partial charge is 0.478 e. The Morgan fingerprint density at radius 1 is 1.35 bits per heavy atom. The van der Waals surface area contributed by atoms with Crippen LogP contribution >= 0.6 is 0 Å². The van der Waals surface area contributed by atoms with Crippen molar-refractivity contribution < 1.29 is 9.53 Å². The van der Waals surface area contributed by atoms with Crippen LogP contribution in [0.15, 0.2) is 12.4 Å². The van der Waals surface area contributed by atoms with Crippen LogP contribution in [0, 0.1) is 0 Å². The summed E-state index contributed by atoms with van der Waals surface area (Å²) in [6, 6.07) is 0. The number of amides is 1. The second kappa shape index (κ2) is 7.31. The van der Waals surface area contributed by atoms with Crippen molar-refractivity contribution in [2.24, 2.45) is 0 Å². The first-order valence-electron chi connectivity index (χ1n) is 7.68. The molecule has 1 aliphatic heterocycles. The Balaban J connectivity index is 1.88. The highest BCUT2D eigenvalue weighted by Gasteiger charge is 2.23. The third kappa shape index (κ3) is 3.99. The van der Waals surface area contributed by atoms with Gasteiger partial charge < -0.3 is 9.64 Å². The molecule has 0 radical (unpaired) electrons. The Bertz CT molecular complexity index is 423. The molecule has 0 spiro atoms. The van der Waals surface area contributed by atoms with Crippen molar-refractivity contribution in [2.45, 2.75) is 58.6 Å². The quantitative estimate of drug-likeness (QED) is 0.832. The van der Waals surface area contributed by atoms with Gasteiger partial charge in [0.2, 0.25) is 0 Å². The zero-order chi connectivity index (χ0) is 14.4. The first kappa shape index (κ1) is 14.9. The predicted octanol–water partition coefficient (Wildman–Crippen LogP) is 2.46. The van der Waals surface area contributed by atoms with Crippen LogP contribution in [0.1, 0.15) is 46.0 Å². The fourth-order valence-electron chi connectivity index (χ4n) is 2.56. The molecule has 5 nitrogen and oxygen atoms in total. The number of likely N-dealkylation sites (tertiary alicyclic amines) is 1. The van der Waals surface area contributed by atoms with Gasteiger partial charge in [-0.15, -0.1) is 0 Å². The van der Waals surface area contributed by atoms with Crippen molar-refractivity contribution in [3.63, 3.8) is 0 Å². The average molecular weight is 279 g/mol. The molecular weight excluding hydrogens is 254 g/mol. The van der Waals surface area contributed by atoms with Gasteiger partial charge in [-0.3, -0.25) is 9.48 Å². The first-order valence-corrected chi connectivity index (χ1v) is 7.68. The minimum Gasteiger partial charge on any atom is -0.478 e. The summed E-state index contributed by atoms with van der Waals surface area (Å²) in [5.74, 6) is 0.768. The van der Waals surface area contributed by atoms with Crippen molar-refractivity contribution in [2.75, 3.05) is 13.1 Å². The van der Waals surface area contributed by atoms with Crippen LogP contribution < -0.4 is 4.74 Å². The van der Waals surface area contributed by atoms with Gasteiger partial charge in [0.25, 0.3) is 5.91 Å². The van der Waals surface area contributed by atoms with E-state index in [1.165, 1.54) is 12.8 Å². The number of ether oxygens (including phenoxy) is 1. The fraction of sp³-hybridized carbons (Fsp3) is 0.733. The zero-order valence-corrected chi connectivity index (χ0v) is 12.5. The van der Waals surface area contributed by atoms with Crippen molar-refractivity contribution in [3.8, 4) is 5.75 Å². The molecule has 1 unspecified atom stereocenters. The van der Waals surface area contributed by atoms with E-state index in [0.717, 1.165) is 38.9 Å². The molecule has 1 fully saturated rings. The Morgan fingerprint density at radius 3 is 2.70 bits per heavy atom. The molecule has 1 amide bonds. The molecule has 1 aromatic rings. The molecule has 5 heteroatoms. The lowest BCUT2D eigenvalue weighted by Crippen LogP contribution is -2.40. The van der Waals surface area contributed by atoms with Crippen molar-refractivity contribution in [3.05, 3.63) is 12.4 Å². The van der Waals surface area contributed by atoms with Gasteiger partial charge in [0, 0.05) is 19.6 Å². The summed E-state index contributed by atoms with van der Waals surface area (Å²) in [5, 5.41) is 4.21. The molecule has 1 saturated heterocycles. The summed E-state index contributed by atoms with van der Waals surface area (Å²) in [6.45, 7) is 6.53. The normalized spacial score (nSPS) is 17.6. The standard InChI is InChI=1S/C15H25N3O2/c1-3-8-18-12-14(11-16-18)20-13(2)15(19)17-9-6-4-5-7-10-17/h11-13H,3-10H2,1-2H3. The van der Waals surface area contributed by atoms with Crippen LogP contribution in [0.25, 0.3) is 0 Å². The van der Waals surface area contributed by atoms with Crippen LogP contribution in [0.3, 0.4) is 0 Å². The number of rotatable bonds is 5. The van der Waals surface area contributed by atoms with Crippen LogP contribution in [0.4, 0.5) is 0 Å². The molecule has 0 aliphatic carbocycles. The summed E-state index contributed by atoms with van der Waals surface area (Å²) in [5.41, 5.74) is 0. The lowest BCUT2D eigenvalue weighted by molar-refractivity contribution is -0.137. The van der Waals surface area contributed by atoms with Crippen LogP contribution in [-0.2, 0) is 11.3 Å². The van der Waals surface area contributed by atoms with E-state index >= 15 is 0 Å². The minimum atomic E-state index is -0.438. The van der Waals surface area contributed by atoms with Gasteiger partial charge in [0.05, 0.1) is 12.4 Å². The maximum atomic E-state index is 12.4. The Hall–Kier alpha value is -1.52. The third-order valence-corrected chi connectivity index (χ3v) is 3.64. The Kier molecular flexibility index (Phi) is 5.44. The molecule has 1 atom stereocenters. The predicted molar refractivity (Wildman–Crippen MR) is 77.7 cm³/mol. The molecule has 112 valence electrons. The third-order valence-electron chi connectivity index (χ3n) is 3.64. The zero-order valence-electron chi connectivity index (χ0n) is 12.5. The maximum Gasteiger partial charge on any atom is 0.263 e. The summed E-state index contributed by atoms with van der Waals surface area (Å²) < 4.78 is 7.57. The lowest BCUT2D eigenvalue weighted by Gasteiger charge is -2.24. The topological polar surface area (TPSA) is 47.4 Å². The minimum absolute atomic E-state index is 0.0927. The van der Waals surface area contributed by atoms with Crippen LogP contribution in [0.5, 0.6) is 5.75 Å². The maximum absolute atomic E-state index is 12.4. The lowest BCUT2D eigenvalue weighted by atomic mass is 10.2. The highest BCUT2D eigenvalue weighted by molar-refractivity contribution is 5.80. The number of nitrogens with zero attached hydrogens (tertiary/aromatic N) is 3. The molecule has 1 aliphatic rings. The number of carbonyl (C=O) groups is 1. The monoisotopic (exact) mass is 279 g/mol. The number of aryl methyl sites for hydroxylation is 1. The highest BCUT2D eigenvalue weighted by atomic mass is 16.5. The van der Waals surface area contributed by atoms with Gasteiger partial charge in [-0.1, -0.05) is 19.8 Å². The summed E-state index contributed by atoms with van der Waals surface area (Å²) in [4.78, 5) is 14.3. The molecule has 0 saturated carbocycles. The van der Waals surface area contributed by atoms with Crippen molar-refractivity contribution in [1.82, 2.24) is 14.7 Å². The molecule has 1 aromatic heterocycles. The molecule has 0 N–H and O–H groups in total. The molecular formula is C15H25N3O2. The number of hydrogen-bond acceptors (Lipinski definition) is 3. The highest BCUT2D eigenvalue weighted by Crippen LogP contribution is 2.15. The summed E-state index contributed by atoms with van der Waals surface area (Å²) in [6.07, 6.45) is 8.79. The van der Waals surface area contributed by atoms with E-state index < -0.39 is 6.10 Å². The van der Waals surface area contributed by atoms with Gasteiger partial charge in [-0.2, -0.15) is 5.10 Å². The fourth-order valence-corrected chi connectivity index (χ4v) is 2.56. The summed E-state index contributed by atoms with van der Waals surface area (Å²) >= 11 is 0. The van der Waals surface area contributed by atoms with Gasteiger partial charge >= 0.3 is 0 Å². The molecule has 0 aromatic carbocycles.